The normalized spacial score (nSPS) is 11.1. The van der Waals surface area contributed by atoms with Gasteiger partial charge in [-0.1, -0.05) is 30.3 Å². The summed E-state index contributed by atoms with van der Waals surface area (Å²) in [6.07, 6.45) is 0.732. The van der Waals surface area contributed by atoms with Crippen LogP contribution in [0.2, 0.25) is 0 Å². The van der Waals surface area contributed by atoms with E-state index in [0.717, 1.165) is 5.56 Å². The average Bonchev–Trinajstić information content (AvgIpc) is 2.45. The summed E-state index contributed by atoms with van der Waals surface area (Å²) in [5, 5.41) is 17.2. The highest BCUT2D eigenvalue weighted by Crippen LogP contribution is 2.15. The highest BCUT2D eigenvalue weighted by atomic mass is 16.2. The minimum Gasteiger partial charge on any atom is -0.324 e. The SMILES string of the molecule is N#CCN(CC#N)C(=O)CCC(N)c1ccccc1. The molecule has 5 nitrogen and oxygen atoms in total. The molecule has 0 radical (unpaired) electrons. The van der Waals surface area contributed by atoms with Gasteiger partial charge in [0.2, 0.25) is 5.91 Å². The van der Waals surface area contributed by atoms with Crippen LogP contribution in [0.5, 0.6) is 0 Å². The molecule has 0 fully saturated rings. The van der Waals surface area contributed by atoms with Crippen LogP contribution in [-0.4, -0.2) is 23.9 Å². The number of benzene rings is 1. The van der Waals surface area contributed by atoms with E-state index in [1.165, 1.54) is 4.90 Å². The first-order valence-corrected chi connectivity index (χ1v) is 6.01. The first-order chi connectivity index (χ1) is 9.19. The van der Waals surface area contributed by atoms with Gasteiger partial charge in [-0.2, -0.15) is 10.5 Å². The summed E-state index contributed by atoms with van der Waals surface area (Å²) in [5.74, 6) is -0.213. The Bertz CT molecular complexity index is 470. The molecule has 0 spiro atoms. The van der Waals surface area contributed by atoms with Crippen molar-refractivity contribution in [3.63, 3.8) is 0 Å². The fraction of sp³-hybridized carbons (Fsp3) is 0.357. The Morgan fingerprint density at radius 1 is 1.21 bits per heavy atom. The van der Waals surface area contributed by atoms with E-state index >= 15 is 0 Å². The molecule has 1 amide bonds. The van der Waals surface area contributed by atoms with Gasteiger partial charge in [-0.25, -0.2) is 0 Å². The molecule has 0 saturated heterocycles. The van der Waals surface area contributed by atoms with E-state index in [-0.39, 0.29) is 31.5 Å². The summed E-state index contributed by atoms with van der Waals surface area (Å²) in [7, 11) is 0. The molecule has 1 atom stereocenters. The zero-order valence-electron chi connectivity index (χ0n) is 10.6. The van der Waals surface area contributed by atoms with Crippen LogP contribution in [-0.2, 0) is 4.79 Å². The van der Waals surface area contributed by atoms with Crippen LogP contribution in [0.4, 0.5) is 0 Å². The Hall–Kier alpha value is -2.37. The Morgan fingerprint density at radius 3 is 2.32 bits per heavy atom. The van der Waals surface area contributed by atoms with Crippen LogP contribution in [0.15, 0.2) is 30.3 Å². The summed E-state index contributed by atoms with van der Waals surface area (Å²) in [6, 6.07) is 13.1. The first kappa shape index (κ1) is 14.7. The number of nitrogens with zero attached hydrogens (tertiary/aromatic N) is 3. The third-order valence-corrected chi connectivity index (χ3v) is 2.77. The quantitative estimate of drug-likeness (QED) is 0.777. The monoisotopic (exact) mass is 256 g/mol. The molecule has 1 unspecified atom stereocenters. The molecule has 5 heteroatoms. The number of amides is 1. The minimum absolute atomic E-state index is 0.0625. The molecule has 0 bridgehead atoms. The van der Waals surface area contributed by atoms with E-state index in [0.29, 0.717) is 6.42 Å². The molecule has 0 saturated carbocycles. The maximum absolute atomic E-state index is 11.8. The Morgan fingerprint density at radius 2 is 1.79 bits per heavy atom. The molecule has 0 aromatic heterocycles. The molecule has 19 heavy (non-hydrogen) atoms. The highest BCUT2D eigenvalue weighted by molar-refractivity contribution is 5.76. The van der Waals surface area contributed by atoms with Crippen LogP contribution in [0, 0.1) is 22.7 Å². The van der Waals surface area contributed by atoms with Crippen LogP contribution >= 0.6 is 0 Å². The van der Waals surface area contributed by atoms with E-state index < -0.39 is 0 Å². The maximum Gasteiger partial charge on any atom is 0.224 e. The lowest BCUT2D eigenvalue weighted by molar-refractivity contribution is -0.130. The lowest BCUT2D eigenvalue weighted by atomic mass is 10.0. The number of nitriles is 2. The van der Waals surface area contributed by atoms with Gasteiger partial charge in [-0.3, -0.25) is 4.79 Å². The zero-order chi connectivity index (χ0) is 14.1. The Kier molecular flexibility index (Phi) is 6.08. The van der Waals surface area contributed by atoms with E-state index in [4.69, 9.17) is 16.3 Å². The van der Waals surface area contributed by atoms with Crippen molar-refractivity contribution in [2.75, 3.05) is 13.1 Å². The largest absolute Gasteiger partial charge is 0.324 e. The second kappa shape index (κ2) is 7.86. The van der Waals surface area contributed by atoms with Gasteiger partial charge in [0.15, 0.2) is 0 Å². The molecule has 0 aliphatic carbocycles. The lowest BCUT2D eigenvalue weighted by Gasteiger charge is -2.17. The van der Waals surface area contributed by atoms with Gasteiger partial charge < -0.3 is 10.6 Å². The summed E-state index contributed by atoms with van der Waals surface area (Å²) in [6.45, 7) is -0.125. The van der Waals surface area contributed by atoms with E-state index in [1.807, 2.05) is 42.5 Å². The zero-order valence-corrected chi connectivity index (χ0v) is 10.6. The second-order valence-electron chi connectivity index (χ2n) is 4.12. The number of hydrogen-bond acceptors (Lipinski definition) is 4. The van der Waals surface area contributed by atoms with Crippen molar-refractivity contribution in [2.24, 2.45) is 5.73 Å². The standard InChI is InChI=1S/C14H16N4O/c15-8-10-18(11-9-16)14(19)7-6-13(17)12-4-2-1-3-5-12/h1-5,13H,6-7,10-11,17H2. The van der Waals surface area contributed by atoms with Crippen molar-refractivity contribution in [3.8, 4) is 12.1 Å². The maximum atomic E-state index is 11.8. The van der Waals surface area contributed by atoms with Crippen LogP contribution in [0.25, 0.3) is 0 Å². The predicted octanol–water partition coefficient (Wildman–Crippen LogP) is 1.34. The molecular formula is C14H16N4O. The molecular weight excluding hydrogens is 240 g/mol. The van der Waals surface area contributed by atoms with E-state index in [2.05, 4.69) is 0 Å². The molecule has 1 aromatic carbocycles. The third kappa shape index (κ3) is 4.79. The van der Waals surface area contributed by atoms with E-state index in [9.17, 15) is 4.79 Å². The molecule has 0 heterocycles. The smallest absolute Gasteiger partial charge is 0.224 e. The summed E-state index contributed by atoms with van der Waals surface area (Å²) >= 11 is 0. The van der Waals surface area contributed by atoms with Crippen LogP contribution in [0.1, 0.15) is 24.4 Å². The lowest BCUT2D eigenvalue weighted by Crippen LogP contribution is -2.32. The van der Waals surface area contributed by atoms with Crippen molar-refractivity contribution >= 4 is 5.91 Å². The van der Waals surface area contributed by atoms with Gasteiger partial charge in [0, 0.05) is 12.5 Å². The number of rotatable bonds is 6. The minimum atomic E-state index is -0.213. The molecule has 0 aliphatic rings. The fourth-order valence-electron chi connectivity index (χ4n) is 1.71. The van der Waals surface area contributed by atoms with Gasteiger partial charge in [0.25, 0.3) is 0 Å². The molecule has 2 N–H and O–H groups in total. The Labute approximate surface area is 112 Å². The number of hydrogen-bond donors (Lipinski definition) is 1. The van der Waals surface area contributed by atoms with E-state index in [1.54, 1.807) is 0 Å². The van der Waals surface area contributed by atoms with Crippen molar-refractivity contribution in [2.45, 2.75) is 18.9 Å². The van der Waals surface area contributed by atoms with Crippen molar-refractivity contribution < 1.29 is 4.79 Å². The van der Waals surface area contributed by atoms with Crippen LogP contribution < -0.4 is 5.73 Å². The number of carbonyl (C=O) groups is 1. The van der Waals surface area contributed by atoms with Gasteiger partial charge in [0.05, 0.1) is 12.1 Å². The van der Waals surface area contributed by atoms with Crippen molar-refractivity contribution in [1.29, 1.82) is 10.5 Å². The third-order valence-electron chi connectivity index (χ3n) is 2.77. The summed E-state index contributed by atoms with van der Waals surface area (Å²) < 4.78 is 0. The second-order valence-corrected chi connectivity index (χ2v) is 4.12. The predicted molar refractivity (Wildman–Crippen MR) is 70.4 cm³/mol. The molecule has 98 valence electrons. The van der Waals surface area contributed by atoms with Crippen molar-refractivity contribution in [3.05, 3.63) is 35.9 Å². The van der Waals surface area contributed by atoms with Crippen molar-refractivity contribution in [1.82, 2.24) is 4.90 Å². The highest BCUT2D eigenvalue weighted by Gasteiger charge is 2.14. The molecule has 0 aliphatic heterocycles. The topological polar surface area (TPSA) is 93.9 Å². The van der Waals surface area contributed by atoms with Gasteiger partial charge in [0.1, 0.15) is 13.1 Å². The Balaban J connectivity index is 2.50. The number of nitrogens with two attached hydrogens (primary N) is 1. The molecule has 1 aromatic rings. The summed E-state index contributed by atoms with van der Waals surface area (Å²) in [5.41, 5.74) is 6.97. The fourth-order valence-corrected chi connectivity index (χ4v) is 1.71. The van der Waals surface area contributed by atoms with Gasteiger partial charge >= 0.3 is 0 Å². The van der Waals surface area contributed by atoms with Gasteiger partial charge in [-0.15, -0.1) is 0 Å². The number of carbonyl (C=O) groups excluding carboxylic acids is 1. The van der Waals surface area contributed by atoms with Crippen LogP contribution in [0.3, 0.4) is 0 Å². The molecule has 1 rings (SSSR count). The summed E-state index contributed by atoms with van der Waals surface area (Å²) in [4.78, 5) is 13.1. The van der Waals surface area contributed by atoms with Gasteiger partial charge in [-0.05, 0) is 12.0 Å². The first-order valence-electron chi connectivity index (χ1n) is 6.01. The average molecular weight is 256 g/mol.